The quantitative estimate of drug-likeness (QED) is 0.475. The maximum atomic E-state index is 13.3. The van der Waals surface area contributed by atoms with Crippen LogP contribution in [-0.4, -0.2) is 61.5 Å². The lowest BCUT2D eigenvalue weighted by atomic mass is 10.1. The molecule has 0 radical (unpaired) electrons. The third-order valence-electron chi connectivity index (χ3n) is 5.79. The smallest absolute Gasteiger partial charge is 0.351 e. The van der Waals surface area contributed by atoms with Gasteiger partial charge in [0.2, 0.25) is 0 Å². The van der Waals surface area contributed by atoms with E-state index in [2.05, 4.69) is 28.8 Å². The number of methoxy groups -OCH3 is 1. The summed E-state index contributed by atoms with van der Waals surface area (Å²) in [7, 11) is 1.63. The zero-order chi connectivity index (χ0) is 22.2. The minimum atomic E-state index is -0.242. The fourth-order valence-corrected chi connectivity index (χ4v) is 4.46. The molecule has 0 bridgehead atoms. The summed E-state index contributed by atoms with van der Waals surface area (Å²) in [6, 6.07) is 9.74. The van der Waals surface area contributed by atoms with E-state index < -0.39 is 0 Å². The minimum Gasteiger partial charge on any atom is -0.497 e. The monoisotopic (exact) mass is 434 g/mol. The molecule has 1 aliphatic rings. The largest absolute Gasteiger partial charge is 0.497 e. The van der Waals surface area contributed by atoms with Gasteiger partial charge in [-0.3, -0.25) is 14.5 Å². The van der Waals surface area contributed by atoms with Gasteiger partial charge >= 0.3 is 5.69 Å². The zero-order valence-corrected chi connectivity index (χ0v) is 18.4. The molecule has 1 aliphatic heterocycles. The van der Waals surface area contributed by atoms with E-state index in [1.165, 1.54) is 10.8 Å². The molecule has 1 aromatic carbocycles. The fraction of sp³-hybridized carbons (Fsp3) is 0.391. The first-order valence-corrected chi connectivity index (χ1v) is 10.7. The van der Waals surface area contributed by atoms with E-state index >= 15 is 0 Å². The molecular weight excluding hydrogens is 408 g/mol. The molecule has 3 aromatic heterocycles. The summed E-state index contributed by atoms with van der Waals surface area (Å²) >= 11 is 0. The summed E-state index contributed by atoms with van der Waals surface area (Å²) < 4.78 is 14.1. The molecule has 1 fully saturated rings. The van der Waals surface area contributed by atoms with Crippen LogP contribution in [-0.2, 0) is 17.8 Å². The molecule has 2 unspecified atom stereocenters. The van der Waals surface area contributed by atoms with Crippen LogP contribution in [0.4, 0.5) is 0 Å². The van der Waals surface area contributed by atoms with Gasteiger partial charge in [0.25, 0.3) is 0 Å². The van der Waals surface area contributed by atoms with Gasteiger partial charge < -0.3 is 9.47 Å². The Morgan fingerprint density at radius 2 is 1.81 bits per heavy atom. The first-order chi connectivity index (χ1) is 15.5. The first-order valence-electron chi connectivity index (χ1n) is 10.7. The van der Waals surface area contributed by atoms with Crippen LogP contribution in [0.3, 0.4) is 0 Å². The average Bonchev–Trinajstić information content (AvgIpc) is 3.27. The normalized spacial score (nSPS) is 19.6. The average molecular weight is 435 g/mol. The van der Waals surface area contributed by atoms with Gasteiger partial charge in [-0.1, -0.05) is 12.1 Å². The molecule has 0 aliphatic carbocycles. The summed E-state index contributed by atoms with van der Waals surface area (Å²) in [4.78, 5) is 24.6. The van der Waals surface area contributed by atoms with Crippen LogP contribution in [0.25, 0.3) is 16.7 Å². The van der Waals surface area contributed by atoms with Crippen molar-refractivity contribution in [2.45, 2.75) is 39.1 Å². The molecule has 0 saturated carbocycles. The molecular formula is C23H26N6O3. The number of morpholine rings is 1. The summed E-state index contributed by atoms with van der Waals surface area (Å²) in [6.45, 7) is 7.06. The van der Waals surface area contributed by atoms with E-state index in [-0.39, 0.29) is 17.9 Å². The molecule has 2 atom stereocenters. The van der Waals surface area contributed by atoms with Crippen LogP contribution in [0, 0.1) is 0 Å². The van der Waals surface area contributed by atoms with Gasteiger partial charge in [-0.25, -0.2) is 9.78 Å². The number of ether oxygens (including phenoxy) is 2. The van der Waals surface area contributed by atoms with Crippen molar-refractivity contribution in [3.63, 3.8) is 0 Å². The first kappa shape index (κ1) is 20.6. The number of hydrogen-bond donors (Lipinski definition) is 0. The topological polar surface area (TPSA) is 86.8 Å². The highest BCUT2D eigenvalue weighted by molar-refractivity contribution is 5.87. The molecule has 1 saturated heterocycles. The van der Waals surface area contributed by atoms with E-state index in [1.807, 2.05) is 36.5 Å². The van der Waals surface area contributed by atoms with E-state index in [4.69, 9.17) is 14.5 Å². The van der Waals surface area contributed by atoms with Crippen LogP contribution < -0.4 is 10.4 Å². The van der Waals surface area contributed by atoms with E-state index in [0.717, 1.165) is 42.0 Å². The Balaban J connectivity index is 1.57. The van der Waals surface area contributed by atoms with Gasteiger partial charge in [-0.05, 0) is 43.2 Å². The Morgan fingerprint density at radius 3 is 2.53 bits per heavy atom. The molecule has 5 rings (SSSR count). The van der Waals surface area contributed by atoms with Crippen molar-refractivity contribution in [1.29, 1.82) is 0 Å². The Hall–Kier alpha value is -3.30. The van der Waals surface area contributed by atoms with Crippen molar-refractivity contribution in [3.05, 3.63) is 64.5 Å². The number of fused-ring (bicyclic) bond motifs is 3. The molecule has 9 nitrogen and oxygen atoms in total. The summed E-state index contributed by atoms with van der Waals surface area (Å²) in [6.07, 6.45) is 3.64. The Morgan fingerprint density at radius 1 is 1.06 bits per heavy atom. The van der Waals surface area contributed by atoms with Gasteiger partial charge in [-0.15, -0.1) is 0 Å². The van der Waals surface area contributed by atoms with Crippen molar-refractivity contribution in [2.24, 2.45) is 0 Å². The molecule has 166 valence electrons. The zero-order valence-electron chi connectivity index (χ0n) is 18.4. The molecule has 32 heavy (non-hydrogen) atoms. The van der Waals surface area contributed by atoms with Gasteiger partial charge in [0, 0.05) is 25.8 Å². The fourth-order valence-electron chi connectivity index (χ4n) is 4.46. The van der Waals surface area contributed by atoms with Crippen LogP contribution >= 0.6 is 0 Å². The maximum absolute atomic E-state index is 13.3. The minimum absolute atomic E-state index is 0.191. The third kappa shape index (κ3) is 3.85. The highest BCUT2D eigenvalue weighted by atomic mass is 16.5. The van der Waals surface area contributed by atoms with Gasteiger partial charge in [0.1, 0.15) is 17.6 Å². The van der Waals surface area contributed by atoms with Crippen molar-refractivity contribution < 1.29 is 9.47 Å². The summed E-state index contributed by atoms with van der Waals surface area (Å²) in [5, 5.41) is 4.12. The maximum Gasteiger partial charge on any atom is 0.351 e. The lowest BCUT2D eigenvalue weighted by molar-refractivity contribution is -0.0705. The SMILES string of the molecule is COc1ccc(Cn2c(=O)n3ncnc3c3ncc(CN4CC(C)OC(C)C4)cc32)cc1. The Kier molecular flexibility index (Phi) is 5.36. The second-order valence-corrected chi connectivity index (χ2v) is 8.37. The van der Waals surface area contributed by atoms with Gasteiger partial charge in [-0.2, -0.15) is 9.61 Å². The summed E-state index contributed by atoms with van der Waals surface area (Å²) in [5.74, 6) is 0.774. The van der Waals surface area contributed by atoms with Gasteiger partial charge in [0.05, 0.1) is 31.4 Å². The summed E-state index contributed by atoms with van der Waals surface area (Å²) in [5.41, 5.74) is 3.66. The molecule has 9 heteroatoms. The Bertz CT molecular complexity index is 1300. The van der Waals surface area contributed by atoms with Crippen LogP contribution in [0.15, 0.2) is 47.7 Å². The van der Waals surface area contributed by atoms with E-state index in [1.54, 1.807) is 11.7 Å². The highest BCUT2D eigenvalue weighted by Crippen LogP contribution is 2.20. The number of hydrogen-bond acceptors (Lipinski definition) is 7. The lowest BCUT2D eigenvalue weighted by Crippen LogP contribution is -2.44. The molecule has 0 N–H and O–H groups in total. The van der Waals surface area contributed by atoms with Crippen molar-refractivity contribution in [2.75, 3.05) is 20.2 Å². The predicted octanol–water partition coefficient (Wildman–Crippen LogP) is 2.11. The third-order valence-corrected chi connectivity index (χ3v) is 5.79. The molecule has 4 heterocycles. The van der Waals surface area contributed by atoms with Crippen LogP contribution in [0.2, 0.25) is 0 Å². The molecule has 0 spiro atoms. The second-order valence-electron chi connectivity index (χ2n) is 8.37. The van der Waals surface area contributed by atoms with Crippen LogP contribution in [0.1, 0.15) is 25.0 Å². The van der Waals surface area contributed by atoms with Crippen molar-refractivity contribution in [1.82, 2.24) is 29.0 Å². The lowest BCUT2D eigenvalue weighted by Gasteiger charge is -2.35. The standard InChI is InChI=1S/C23H26N6O3/c1-15-10-27(11-16(2)32-15)12-18-8-20-21(24-9-18)22-25-14-26-29(22)23(30)28(20)13-17-4-6-19(31-3)7-5-17/h4-9,14-16H,10-13H2,1-3H3. The predicted molar refractivity (Wildman–Crippen MR) is 120 cm³/mol. The van der Waals surface area contributed by atoms with Crippen LogP contribution in [0.5, 0.6) is 5.75 Å². The van der Waals surface area contributed by atoms with Crippen molar-refractivity contribution >= 4 is 16.7 Å². The van der Waals surface area contributed by atoms with E-state index in [0.29, 0.717) is 17.7 Å². The van der Waals surface area contributed by atoms with E-state index in [9.17, 15) is 4.79 Å². The number of nitrogens with zero attached hydrogens (tertiary/aromatic N) is 6. The highest BCUT2D eigenvalue weighted by Gasteiger charge is 2.23. The molecule has 0 amide bonds. The Labute approximate surface area is 185 Å². The number of benzene rings is 1. The second kappa shape index (κ2) is 8.33. The number of rotatable bonds is 5. The van der Waals surface area contributed by atoms with Gasteiger partial charge in [0.15, 0.2) is 5.65 Å². The molecule has 4 aromatic rings. The van der Waals surface area contributed by atoms with Crippen molar-refractivity contribution in [3.8, 4) is 5.75 Å². The number of pyridine rings is 1. The number of aromatic nitrogens is 5.